The van der Waals surface area contributed by atoms with Crippen molar-refractivity contribution < 1.29 is 17.3 Å². The maximum Gasteiger partial charge on any atom is 0.264 e. The molecule has 5 heteroatoms. The second-order valence-corrected chi connectivity index (χ2v) is 4.72. The first-order valence-electron chi connectivity index (χ1n) is 4.19. The van der Waals surface area contributed by atoms with Crippen molar-refractivity contribution in [2.75, 3.05) is 12.9 Å². The lowest BCUT2D eigenvalue weighted by Crippen LogP contribution is -2.17. The number of hydrogen-bond donors (Lipinski definition) is 0. The molecule has 0 aromatic carbocycles. The monoisotopic (exact) mass is 206 g/mol. The van der Waals surface area contributed by atoms with Gasteiger partial charge in [0.15, 0.2) is 0 Å². The van der Waals surface area contributed by atoms with E-state index in [1.807, 2.05) is 6.92 Å². The van der Waals surface area contributed by atoms with Crippen molar-refractivity contribution in [2.24, 2.45) is 0 Å². The van der Waals surface area contributed by atoms with Crippen molar-refractivity contribution in [3.05, 3.63) is 11.8 Å². The number of hydrogen-bond acceptors (Lipinski definition) is 4. The van der Waals surface area contributed by atoms with Gasteiger partial charge in [0.05, 0.1) is 12.5 Å². The van der Waals surface area contributed by atoms with Gasteiger partial charge in [0.2, 0.25) is 0 Å². The molecule has 0 N–H and O–H groups in total. The predicted molar refractivity (Wildman–Crippen MR) is 48.7 cm³/mol. The van der Waals surface area contributed by atoms with E-state index in [1.54, 1.807) is 6.26 Å². The fraction of sp³-hybridized carbons (Fsp3) is 0.750. The van der Waals surface area contributed by atoms with Crippen LogP contribution in [0.15, 0.2) is 11.8 Å². The molecule has 1 heterocycles. The summed E-state index contributed by atoms with van der Waals surface area (Å²) in [5, 5.41) is 0. The normalized spacial score (nSPS) is 22.6. The SMILES string of the molecule is CCC1=CO[C@H](COS(C)(=O)=O)C1. The molecule has 0 amide bonds. The standard InChI is InChI=1S/C8H14O4S/c1-3-7-4-8(11-5-7)6-12-13(2,9)10/h5,8H,3-4,6H2,1-2H3/t8-/m0/s1. The highest BCUT2D eigenvalue weighted by Crippen LogP contribution is 2.20. The van der Waals surface area contributed by atoms with Crippen LogP contribution in [0.4, 0.5) is 0 Å². The van der Waals surface area contributed by atoms with Crippen LogP contribution in [0.5, 0.6) is 0 Å². The molecule has 0 bridgehead atoms. The number of ether oxygens (including phenoxy) is 1. The van der Waals surface area contributed by atoms with Crippen LogP contribution in [-0.4, -0.2) is 27.4 Å². The molecule has 4 nitrogen and oxygen atoms in total. The third-order valence-electron chi connectivity index (χ3n) is 1.84. The van der Waals surface area contributed by atoms with Crippen molar-refractivity contribution in [2.45, 2.75) is 25.9 Å². The molecule has 1 rings (SSSR count). The van der Waals surface area contributed by atoms with E-state index >= 15 is 0 Å². The smallest absolute Gasteiger partial charge is 0.264 e. The fourth-order valence-electron chi connectivity index (χ4n) is 1.11. The first-order valence-corrected chi connectivity index (χ1v) is 6.00. The zero-order chi connectivity index (χ0) is 9.90. The first-order chi connectivity index (χ1) is 6.01. The molecule has 0 aromatic heterocycles. The van der Waals surface area contributed by atoms with Crippen molar-refractivity contribution in [1.82, 2.24) is 0 Å². The van der Waals surface area contributed by atoms with Crippen molar-refractivity contribution in [3.63, 3.8) is 0 Å². The zero-order valence-corrected chi connectivity index (χ0v) is 8.63. The lowest BCUT2D eigenvalue weighted by atomic mass is 10.1. The van der Waals surface area contributed by atoms with Crippen molar-refractivity contribution in [1.29, 1.82) is 0 Å². The van der Waals surface area contributed by atoms with E-state index in [9.17, 15) is 8.42 Å². The Bertz CT molecular complexity index is 291. The molecular weight excluding hydrogens is 192 g/mol. The Kier molecular flexibility index (Phi) is 3.33. The molecule has 1 aliphatic heterocycles. The first kappa shape index (κ1) is 10.5. The highest BCUT2D eigenvalue weighted by atomic mass is 32.2. The molecule has 76 valence electrons. The maximum atomic E-state index is 10.6. The molecule has 1 aliphatic rings. The van der Waals surface area contributed by atoms with Gasteiger partial charge in [-0.1, -0.05) is 6.92 Å². The Labute approximate surface area is 78.7 Å². The van der Waals surface area contributed by atoms with Gasteiger partial charge >= 0.3 is 0 Å². The van der Waals surface area contributed by atoms with E-state index in [1.165, 1.54) is 5.57 Å². The summed E-state index contributed by atoms with van der Waals surface area (Å²) in [5.41, 5.74) is 1.20. The molecule has 0 saturated heterocycles. The van der Waals surface area contributed by atoms with Gasteiger partial charge in [-0.3, -0.25) is 4.18 Å². The topological polar surface area (TPSA) is 52.6 Å². The third kappa shape index (κ3) is 3.78. The molecule has 0 aromatic rings. The Balaban J connectivity index is 2.28. The molecular formula is C8H14O4S. The van der Waals surface area contributed by atoms with Gasteiger partial charge in [-0.25, -0.2) is 0 Å². The van der Waals surface area contributed by atoms with E-state index in [0.29, 0.717) is 0 Å². The van der Waals surface area contributed by atoms with Crippen molar-refractivity contribution >= 4 is 10.1 Å². The van der Waals surface area contributed by atoms with E-state index in [4.69, 9.17) is 4.74 Å². The van der Waals surface area contributed by atoms with Gasteiger partial charge in [-0.15, -0.1) is 0 Å². The molecule has 0 fully saturated rings. The lowest BCUT2D eigenvalue weighted by Gasteiger charge is -2.08. The minimum atomic E-state index is -3.34. The van der Waals surface area contributed by atoms with Crippen LogP contribution < -0.4 is 0 Å². The summed E-state index contributed by atoms with van der Waals surface area (Å²) in [4.78, 5) is 0. The Hall–Kier alpha value is -0.550. The van der Waals surface area contributed by atoms with Gasteiger partial charge in [0.1, 0.15) is 12.7 Å². The van der Waals surface area contributed by atoms with Gasteiger partial charge in [-0.05, 0) is 12.0 Å². The van der Waals surface area contributed by atoms with E-state index in [0.717, 1.165) is 19.1 Å². The molecule has 0 radical (unpaired) electrons. The van der Waals surface area contributed by atoms with Gasteiger partial charge in [0.25, 0.3) is 10.1 Å². The Morgan fingerprint density at radius 1 is 1.69 bits per heavy atom. The Morgan fingerprint density at radius 3 is 2.85 bits per heavy atom. The van der Waals surface area contributed by atoms with E-state index < -0.39 is 10.1 Å². The largest absolute Gasteiger partial charge is 0.495 e. The summed E-state index contributed by atoms with van der Waals surface area (Å²) in [6.07, 6.45) is 4.30. The van der Waals surface area contributed by atoms with Crippen LogP contribution in [0.3, 0.4) is 0 Å². The molecule has 0 saturated carbocycles. The molecule has 1 atom stereocenters. The Morgan fingerprint density at radius 2 is 2.38 bits per heavy atom. The summed E-state index contributed by atoms with van der Waals surface area (Å²) >= 11 is 0. The summed E-state index contributed by atoms with van der Waals surface area (Å²) in [5.74, 6) is 0. The second kappa shape index (κ2) is 4.11. The van der Waals surface area contributed by atoms with Crippen LogP contribution in [0.25, 0.3) is 0 Å². The van der Waals surface area contributed by atoms with Crippen LogP contribution in [0, 0.1) is 0 Å². The molecule has 0 aliphatic carbocycles. The quantitative estimate of drug-likeness (QED) is 0.645. The fourth-order valence-corrected chi connectivity index (χ4v) is 1.51. The van der Waals surface area contributed by atoms with Crippen molar-refractivity contribution in [3.8, 4) is 0 Å². The summed E-state index contributed by atoms with van der Waals surface area (Å²) in [6, 6.07) is 0. The van der Waals surface area contributed by atoms with Crippen LogP contribution in [0.2, 0.25) is 0 Å². The highest BCUT2D eigenvalue weighted by molar-refractivity contribution is 7.85. The highest BCUT2D eigenvalue weighted by Gasteiger charge is 2.19. The average molecular weight is 206 g/mol. The third-order valence-corrected chi connectivity index (χ3v) is 2.40. The van der Waals surface area contributed by atoms with Gasteiger partial charge in [-0.2, -0.15) is 8.42 Å². The molecule has 0 spiro atoms. The van der Waals surface area contributed by atoms with Crippen LogP contribution >= 0.6 is 0 Å². The minimum absolute atomic E-state index is 0.110. The van der Waals surface area contributed by atoms with Gasteiger partial charge < -0.3 is 4.74 Å². The zero-order valence-electron chi connectivity index (χ0n) is 7.82. The summed E-state index contributed by atoms with van der Waals surface area (Å²) in [6.45, 7) is 2.15. The lowest BCUT2D eigenvalue weighted by molar-refractivity contribution is 0.111. The minimum Gasteiger partial charge on any atom is -0.495 e. The number of rotatable bonds is 4. The average Bonchev–Trinajstić information content (AvgIpc) is 2.47. The predicted octanol–water partition coefficient (Wildman–Crippen LogP) is 1.05. The maximum absolute atomic E-state index is 10.6. The molecule has 13 heavy (non-hydrogen) atoms. The molecule has 0 unspecified atom stereocenters. The van der Waals surface area contributed by atoms with E-state index in [2.05, 4.69) is 4.18 Å². The van der Waals surface area contributed by atoms with Gasteiger partial charge in [0, 0.05) is 6.42 Å². The summed E-state index contributed by atoms with van der Waals surface area (Å²) in [7, 11) is -3.34. The summed E-state index contributed by atoms with van der Waals surface area (Å²) < 4.78 is 31.1. The van der Waals surface area contributed by atoms with Crippen LogP contribution in [0.1, 0.15) is 19.8 Å². The second-order valence-electron chi connectivity index (χ2n) is 3.08. The van der Waals surface area contributed by atoms with E-state index in [-0.39, 0.29) is 12.7 Å². The van der Waals surface area contributed by atoms with Crippen LogP contribution in [-0.2, 0) is 19.0 Å².